The van der Waals surface area contributed by atoms with E-state index in [0.717, 1.165) is 11.3 Å². The predicted molar refractivity (Wildman–Crippen MR) is 103 cm³/mol. The molecule has 0 unspecified atom stereocenters. The summed E-state index contributed by atoms with van der Waals surface area (Å²) in [5.41, 5.74) is 2.49. The minimum absolute atomic E-state index is 0.428. The maximum Gasteiger partial charge on any atom is 0.229 e. The van der Waals surface area contributed by atoms with E-state index >= 15 is 0 Å². The average molecular weight is 375 g/mol. The van der Waals surface area contributed by atoms with E-state index < -0.39 is 0 Å². The molecule has 1 heterocycles. The lowest BCUT2D eigenvalue weighted by atomic mass is 10.2. The summed E-state index contributed by atoms with van der Waals surface area (Å²) >= 11 is 12.4. The van der Waals surface area contributed by atoms with Crippen LogP contribution in [0.25, 0.3) is 0 Å². The van der Waals surface area contributed by atoms with E-state index in [4.69, 9.17) is 27.9 Å². The summed E-state index contributed by atoms with van der Waals surface area (Å²) in [6, 6.07) is 12.9. The Morgan fingerprint density at radius 1 is 1.00 bits per heavy atom. The van der Waals surface area contributed by atoms with Crippen molar-refractivity contribution in [2.75, 3.05) is 17.7 Å². The van der Waals surface area contributed by atoms with Gasteiger partial charge in [0.05, 0.1) is 28.5 Å². The topological polar surface area (TPSA) is 59.1 Å². The smallest absolute Gasteiger partial charge is 0.229 e. The zero-order chi connectivity index (χ0) is 17.8. The highest BCUT2D eigenvalue weighted by Gasteiger charge is 2.09. The third-order valence-electron chi connectivity index (χ3n) is 3.47. The lowest BCUT2D eigenvalue weighted by Gasteiger charge is -2.13. The molecule has 0 saturated carbocycles. The first-order valence-corrected chi connectivity index (χ1v) is 8.28. The Morgan fingerprint density at radius 3 is 2.48 bits per heavy atom. The second-order valence-corrected chi connectivity index (χ2v) is 6.13. The van der Waals surface area contributed by atoms with Gasteiger partial charge in [-0.25, -0.2) is 4.98 Å². The van der Waals surface area contributed by atoms with Gasteiger partial charge >= 0.3 is 0 Å². The van der Waals surface area contributed by atoms with E-state index in [-0.39, 0.29) is 0 Å². The molecule has 0 aliphatic carbocycles. The monoisotopic (exact) mass is 374 g/mol. The molecule has 3 rings (SSSR count). The Hall–Kier alpha value is -2.50. The van der Waals surface area contributed by atoms with Gasteiger partial charge in [0.15, 0.2) is 0 Å². The second kappa shape index (κ2) is 7.59. The highest BCUT2D eigenvalue weighted by Crippen LogP contribution is 2.32. The van der Waals surface area contributed by atoms with Gasteiger partial charge in [0, 0.05) is 6.20 Å². The van der Waals surface area contributed by atoms with Crippen LogP contribution in [-0.4, -0.2) is 17.1 Å². The SMILES string of the molecule is COc1ccc(C)cc1Nc1nccc(Nc2c(Cl)cccc2Cl)n1. The zero-order valence-corrected chi connectivity index (χ0v) is 15.2. The van der Waals surface area contributed by atoms with E-state index in [9.17, 15) is 0 Å². The first-order valence-electron chi connectivity index (χ1n) is 7.52. The second-order valence-electron chi connectivity index (χ2n) is 5.32. The summed E-state index contributed by atoms with van der Waals surface area (Å²) in [5, 5.41) is 7.32. The Labute approximate surface area is 156 Å². The van der Waals surface area contributed by atoms with Gasteiger partial charge in [-0.3, -0.25) is 0 Å². The number of aromatic nitrogens is 2. The number of benzene rings is 2. The van der Waals surface area contributed by atoms with Crippen LogP contribution in [0.2, 0.25) is 10.0 Å². The average Bonchev–Trinajstić information content (AvgIpc) is 2.59. The number of aryl methyl sites for hydroxylation is 1. The molecule has 2 N–H and O–H groups in total. The van der Waals surface area contributed by atoms with E-state index in [0.29, 0.717) is 33.2 Å². The van der Waals surface area contributed by atoms with Gasteiger partial charge < -0.3 is 15.4 Å². The van der Waals surface area contributed by atoms with Crippen molar-refractivity contribution in [1.29, 1.82) is 0 Å². The molecule has 7 heteroatoms. The molecular formula is C18H16Cl2N4O. The van der Waals surface area contributed by atoms with Crippen molar-refractivity contribution in [2.45, 2.75) is 6.92 Å². The highest BCUT2D eigenvalue weighted by atomic mass is 35.5. The molecule has 0 radical (unpaired) electrons. The Kier molecular flexibility index (Phi) is 5.26. The Balaban J connectivity index is 1.86. The van der Waals surface area contributed by atoms with Crippen molar-refractivity contribution in [3.05, 3.63) is 64.3 Å². The third-order valence-corrected chi connectivity index (χ3v) is 4.10. The summed E-state index contributed by atoms with van der Waals surface area (Å²) in [6.07, 6.45) is 1.64. The number of nitrogens with zero attached hydrogens (tertiary/aromatic N) is 2. The fourth-order valence-corrected chi connectivity index (χ4v) is 2.77. The van der Waals surface area contributed by atoms with Crippen molar-refractivity contribution in [3.63, 3.8) is 0 Å². The van der Waals surface area contributed by atoms with E-state index in [1.54, 1.807) is 37.6 Å². The van der Waals surface area contributed by atoms with Gasteiger partial charge in [-0.2, -0.15) is 4.98 Å². The minimum Gasteiger partial charge on any atom is -0.495 e. The number of nitrogens with one attached hydrogen (secondary N) is 2. The molecular weight excluding hydrogens is 359 g/mol. The highest BCUT2D eigenvalue weighted by molar-refractivity contribution is 6.39. The quantitative estimate of drug-likeness (QED) is 0.609. The van der Waals surface area contributed by atoms with Crippen molar-refractivity contribution in [2.24, 2.45) is 0 Å². The fourth-order valence-electron chi connectivity index (χ4n) is 2.27. The van der Waals surface area contributed by atoms with Gasteiger partial charge in [0.2, 0.25) is 5.95 Å². The summed E-state index contributed by atoms with van der Waals surface area (Å²) in [5.74, 6) is 1.71. The summed E-state index contributed by atoms with van der Waals surface area (Å²) < 4.78 is 5.36. The van der Waals surface area contributed by atoms with Gasteiger partial charge in [0.25, 0.3) is 0 Å². The number of hydrogen-bond donors (Lipinski definition) is 2. The van der Waals surface area contributed by atoms with Gasteiger partial charge in [0.1, 0.15) is 11.6 Å². The van der Waals surface area contributed by atoms with Crippen LogP contribution in [0.5, 0.6) is 5.75 Å². The van der Waals surface area contributed by atoms with Crippen molar-refractivity contribution >= 4 is 46.3 Å². The predicted octanol–water partition coefficient (Wildman–Crippen LogP) is 5.59. The molecule has 0 aliphatic rings. The molecule has 128 valence electrons. The molecule has 1 aromatic heterocycles. The number of para-hydroxylation sites is 1. The van der Waals surface area contributed by atoms with E-state index in [1.807, 2.05) is 25.1 Å². The number of anilines is 4. The first-order chi connectivity index (χ1) is 12.1. The van der Waals surface area contributed by atoms with Gasteiger partial charge in [-0.05, 0) is 42.8 Å². The molecule has 25 heavy (non-hydrogen) atoms. The van der Waals surface area contributed by atoms with Gasteiger partial charge in [-0.15, -0.1) is 0 Å². The minimum atomic E-state index is 0.428. The molecule has 0 amide bonds. The van der Waals surface area contributed by atoms with Crippen LogP contribution in [-0.2, 0) is 0 Å². The normalized spacial score (nSPS) is 10.4. The number of halogens is 2. The molecule has 0 bridgehead atoms. The van der Waals surface area contributed by atoms with E-state index in [1.165, 1.54) is 0 Å². The molecule has 5 nitrogen and oxygen atoms in total. The van der Waals surface area contributed by atoms with Crippen LogP contribution in [0.3, 0.4) is 0 Å². The Bertz CT molecular complexity index is 882. The van der Waals surface area contributed by atoms with E-state index in [2.05, 4.69) is 20.6 Å². The fraction of sp³-hybridized carbons (Fsp3) is 0.111. The van der Waals surface area contributed by atoms with Crippen LogP contribution < -0.4 is 15.4 Å². The molecule has 3 aromatic rings. The Morgan fingerprint density at radius 2 is 1.76 bits per heavy atom. The van der Waals surface area contributed by atoms with Crippen LogP contribution in [0.1, 0.15) is 5.56 Å². The molecule has 0 aliphatic heterocycles. The molecule has 0 fully saturated rings. The number of rotatable bonds is 5. The van der Waals surface area contributed by atoms with Crippen LogP contribution in [0, 0.1) is 6.92 Å². The lowest BCUT2D eigenvalue weighted by Crippen LogP contribution is -2.02. The summed E-state index contributed by atoms with van der Waals surface area (Å²) in [4.78, 5) is 8.69. The van der Waals surface area contributed by atoms with Crippen molar-refractivity contribution in [1.82, 2.24) is 9.97 Å². The first kappa shape index (κ1) is 17.3. The molecule has 0 saturated heterocycles. The number of ether oxygens (including phenoxy) is 1. The standard InChI is InChI=1S/C18H16Cl2N4O/c1-11-6-7-15(25-2)14(10-11)22-18-21-9-8-16(24-18)23-17-12(19)4-3-5-13(17)20/h3-10H,1-2H3,(H2,21,22,23,24). The number of methoxy groups -OCH3 is 1. The van der Waals surface area contributed by atoms with Crippen LogP contribution >= 0.6 is 23.2 Å². The molecule has 0 atom stereocenters. The zero-order valence-electron chi connectivity index (χ0n) is 13.7. The van der Waals surface area contributed by atoms with Crippen molar-refractivity contribution in [3.8, 4) is 5.75 Å². The molecule has 0 spiro atoms. The van der Waals surface area contributed by atoms with Crippen LogP contribution in [0.4, 0.5) is 23.1 Å². The summed E-state index contributed by atoms with van der Waals surface area (Å²) in [7, 11) is 1.62. The largest absolute Gasteiger partial charge is 0.495 e. The summed E-state index contributed by atoms with van der Waals surface area (Å²) in [6.45, 7) is 2.00. The maximum atomic E-state index is 6.18. The van der Waals surface area contributed by atoms with Crippen molar-refractivity contribution < 1.29 is 4.74 Å². The number of hydrogen-bond acceptors (Lipinski definition) is 5. The molecule has 2 aromatic carbocycles. The maximum absolute atomic E-state index is 6.18. The third kappa shape index (κ3) is 4.13. The van der Waals surface area contributed by atoms with Crippen LogP contribution in [0.15, 0.2) is 48.7 Å². The lowest BCUT2D eigenvalue weighted by molar-refractivity contribution is 0.416. The van der Waals surface area contributed by atoms with Gasteiger partial charge in [-0.1, -0.05) is 35.3 Å².